The lowest BCUT2D eigenvalue weighted by Crippen LogP contribution is -2.38. The highest BCUT2D eigenvalue weighted by atomic mass is 19.1. The predicted octanol–water partition coefficient (Wildman–Crippen LogP) is 1.54. The first kappa shape index (κ1) is 12.2. The lowest BCUT2D eigenvalue weighted by Gasteiger charge is -2.19. The largest absolute Gasteiger partial charge is 0.480 e. The van der Waals surface area contributed by atoms with Crippen molar-refractivity contribution in [3.05, 3.63) is 35.6 Å². The number of hydrogen-bond donors (Lipinski definition) is 2. The Morgan fingerprint density at radius 3 is 2.00 bits per heavy atom. The van der Waals surface area contributed by atoms with Crippen molar-refractivity contribution in [3.63, 3.8) is 0 Å². The molecule has 0 amide bonds. The minimum atomic E-state index is -1.89. The van der Waals surface area contributed by atoms with Crippen LogP contribution in [0.4, 0.5) is 4.39 Å². The van der Waals surface area contributed by atoms with E-state index in [1.807, 2.05) is 0 Å². The van der Waals surface area contributed by atoms with Gasteiger partial charge in [-0.1, -0.05) is 12.1 Å². The van der Waals surface area contributed by atoms with E-state index < -0.39 is 23.2 Å². The summed E-state index contributed by atoms with van der Waals surface area (Å²) in [6, 6.07) is 5.08. The number of halogens is 1. The highest BCUT2D eigenvalue weighted by molar-refractivity contribution is 5.98. The smallest absolute Gasteiger partial charge is 0.321 e. The first-order valence-corrected chi connectivity index (χ1v) is 4.57. The summed E-state index contributed by atoms with van der Waals surface area (Å²) in [7, 11) is 0. The maximum Gasteiger partial charge on any atom is 0.321 e. The standard InChI is InChI=1S/C11H11FO4/c1-11(9(13)14,10(15)16)6-7-2-4-8(12)5-3-7/h2-5H,6H2,1H3,(H,13,14)(H,15,16). The molecule has 4 nitrogen and oxygen atoms in total. The summed E-state index contributed by atoms with van der Waals surface area (Å²) >= 11 is 0. The van der Waals surface area contributed by atoms with Crippen LogP contribution in [0, 0.1) is 11.2 Å². The highest BCUT2D eigenvalue weighted by Crippen LogP contribution is 2.23. The van der Waals surface area contributed by atoms with Gasteiger partial charge in [0.2, 0.25) is 0 Å². The van der Waals surface area contributed by atoms with Gasteiger partial charge >= 0.3 is 11.9 Å². The highest BCUT2D eigenvalue weighted by Gasteiger charge is 2.41. The Bertz CT molecular complexity index is 396. The molecule has 1 aromatic carbocycles. The van der Waals surface area contributed by atoms with Crippen molar-refractivity contribution in [2.45, 2.75) is 13.3 Å². The normalized spacial score (nSPS) is 11.1. The molecule has 0 heterocycles. The summed E-state index contributed by atoms with van der Waals surface area (Å²) in [5.41, 5.74) is -1.42. The van der Waals surface area contributed by atoms with Crippen LogP contribution in [0.3, 0.4) is 0 Å². The van der Waals surface area contributed by atoms with E-state index in [0.29, 0.717) is 5.56 Å². The maximum absolute atomic E-state index is 12.6. The average molecular weight is 226 g/mol. The van der Waals surface area contributed by atoms with Crippen molar-refractivity contribution >= 4 is 11.9 Å². The van der Waals surface area contributed by atoms with Crippen LogP contribution in [0.5, 0.6) is 0 Å². The summed E-state index contributed by atoms with van der Waals surface area (Å²) in [4.78, 5) is 21.8. The molecule has 0 aliphatic rings. The lowest BCUT2D eigenvalue weighted by atomic mass is 9.84. The van der Waals surface area contributed by atoms with Gasteiger partial charge in [-0.25, -0.2) is 4.39 Å². The van der Waals surface area contributed by atoms with Crippen LogP contribution < -0.4 is 0 Å². The Morgan fingerprint density at radius 2 is 1.62 bits per heavy atom. The van der Waals surface area contributed by atoms with E-state index in [0.717, 1.165) is 6.92 Å². The van der Waals surface area contributed by atoms with E-state index in [-0.39, 0.29) is 6.42 Å². The molecule has 0 aliphatic carbocycles. The Labute approximate surface area is 91.3 Å². The van der Waals surface area contributed by atoms with Crippen molar-refractivity contribution in [2.75, 3.05) is 0 Å². The van der Waals surface area contributed by atoms with Gasteiger partial charge in [0.05, 0.1) is 0 Å². The molecule has 0 aromatic heterocycles. The van der Waals surface area contributed by atoms with Crippen LogP contribution >= 0.6 is 0 Å². The number of aliphatic carboxylic acids is 2. The Hall–Kier alpha value is -1.91. The number of benzene rings is 1. The molecule has 0 radical (unpaired) electrons. The molecule has 0 atom stereocenters. The van der Waals surface area contributed by atoms with Gasteiger partial charge in [-0.15, -0.1) is 0 Å². The van der Waals surface area contributed by atoms with Gasteiger partial charge in [0, 0.05) is 0 Å². The molecule has 0 aliphatic heterocycles. The zero-order valence-corrected chi connectivity index (χ0v) is 8.61. The number of carboxylic acid groups (broad SMARTS) is 2. The molecule has 1 rings (SSSR count). The first-order valence-electron chi connectivity index (χ1n) is 4.57. The van der Waals surface area contributed by atoms with Crippen LogP contribution in [-0.4, -0.2) is 22.2 Å². The van der Waals surface area contributed by atoms with Gasteiger partial charge in [0.15, 0.2) is 5.41 Å². The van der Waals surface area contributed by atoms with E-state index in [1.165, 1.54) is 24.3 Å². The van der Waals surface area contributed by atoms with Crippen LogP contribution in [0.25, 0.3) is 0 Å². The van der Waals surface area contributed by atoms with Gasteiger partial charge < -0.3 is 10.2 Å². The monoisotopic (exact) mass is 226 g/mol. The average Bonchev–Trinajstić information content (AvgIpc) is 2.20. The van der Waals surface area contributed by atoms with Gasteiger partial charge in [-0.3, -0.25) is 9.59 Å². The molecule has 0 spiro atoms. The molecule has 0 fully saturated rings. The number of rotatable bonds is 4. The fourth-order valence-electron chi connectivity index (χ4n) is 1.25. The van der Waals surface area contributed by atoms with Crippen molar-refractivity contribution in [2.24, 2.45) is 5.41 Å². The minimum Gasteiger partial charge on any atom is -0.480 e. The predicted molar refractivity (Wildman–Crippen MR) is 53.5 cm³/mol. The third-order valence-corrected chi connectivity index (χ3v) is 2.41. The summed E-state index contributed by atoms with van der Waals surface area (Å²) in [6.45, 7) is 1.13. The van der Waals surface area contributed by atoms with Crippen LogP contribution in [-0.2, 0) is 16.0 Å². The second kappa shape index (κ2) is 4.30. The van der Waals surface area contributed by atoms with E-state index in [4.69, 9.17) is 10.2 Å². The SMILES string of the molecule is CC(Cc1ccc(F)cc1)(C(=O)O)C(=O)O. The zero-order valence-electron chi connectivity index (χ0n) is 8.61. The minimum absolute atomic E-state index is 0.183. The van der Waals surface area contributed by atoms with Gasteiger partial charge in [0.1, 0.15) is 5.82 Å². The molecule has 0 bridgehead atoms. The Kier molecular flexibility index (Phi) is 3.27. The topological polar surface area (TPSA) is 74.6 Å². The molecule has 86 valence electrons. The second-order valence-electron chi connectivity index (χ2n) is 3.75. The van der Waals surface area contributed by atoms with E-state index in [2.05, 4.69) is 0 Å². The Morgan fingerprint density at radius 1 is 1.19 bits per heavy atom. The van der Waals surface area contributed by atoms with E-state index in [1.54, 1.807) is 0 Å². The molecule has 16 heavy (non-hydrogen) atoms. The van der Waals surface area contributed by atoms with E-state index >= 15 is 0 Å². The van der Waals surface area contributed by atoms with Gasteiger partial charge in [-0.2, -0.15) is 0 Å². The van der Waals surface area contributed by atoms with E-state index in [9.17, 15) is 14.0 Å². The molecular weight excluding hydrogens is 215 g/mol. The third kappa shape index (κ3) is 2.36. The number of hydrogen-bond acceptors (Lipinski definition) is 2. The van der Waals surface area contributed by atoms with Gasteiger partial charge in [-0.05, 0) is 31.0 Å². The number of carboxylic acids is 2. The molecule has 0 saturated carbocycles. The van der Waals surface area contributed by atoms with Crippen molar-refractivity contribution in [1.82, 2.24) is 0 Å². The molecular formula is C11H11FO4. The second-order valence-corrected chi connectivity index (χ2v) is 3.75. The summed E-state index contributed by atoms with van der Waals surface area (Å²) < 4.78 is 12.6. The molecule has 0 saturated heterocycles. The molecule has 2 N–H and O–H groups in total. The maximum atomic E-state index is 12.6. The lowest BCUT2D eigenvalue weighted by molar-refractivity contribution is -0.163. The van der Waals surface area contributed by atoms with Crippen LogP contribution in [0.1, 0.15) is 12.5 Å². The van der Waals surface area contributed by atoms with Crippen molar-refractivity contribution < 1.29 is 24.2 Å². The van der Waals surface area contributed by atoms with Crippen LogP contribution in [0.15, 0.2) is 24.3 Å². The van der Waals surface area contributed by atoms with Crippen molar-refractivity contribution in [1.29, 1.82) is 0 Å². The summed E-state index contributed by atoms with van der Waals surface area (Å²) in [5, 5.41) is 17.7. The quantitative estimate of drug-likeness (QED) is 0.764. The molecule has 1 aromatic rings. The molecule has 0 unspecified atom stereocenters. The van der Waals surface area contributed by atoms with Crippen LogP contribution in [0.2, 0.25) is 0 Å². The zero-order chi connectivity index (χ0) is 12.3. The fourth-order valence-corrected chi connectivity index (χ4v) is 1.25. The number of carbonyl (C=O) groups is 2. The Balaban J connectivity index is 2.97. The summed E-state index contributed by atoms with van der Waals surface area (Å²) in [5.74, 6) is -3.27. The van der Waals surface area contributed by atoms with Crippen molar-refractivity contribution in [3.8, 4) is 0 Å². The summed E-state index contributed by atoms with van der Waals surface area (Å²) in [6.07, 6.45) is -0.183. The molecule has 5 heteroatoms. The first-order chi connectivity index (χ1) is 7.36. The fraction of sp³-hybridized carbons (Fsp3) is 0.273. The van der Waals surface area contributed by atoms with Gasteiger partial charge in [0.25, 0.3) is 0 Å². The third-order valence-electron chi connectivity index (χ3n) is 2.41.